The number of nitrogens with zero attached hydrogens (tertiary/aromatic N) is 1. The summed E-state index contributed by atoms with van der Waals surface area (Å²) in [5.74, 6) is 0.501. The Labute approximate surface area is 166 Å². The smallest absolute Gasteiger partial charge is 0.330 e. The molecule has 4 nitrogen and oxygen atoms in total. The number of benzene rings is 2. The Morgan fingerprint density at radius 3 is 2.75 bits per heavy atom. The molecule has 0 N–H and O–H groups in total. The highest BCUT2D eigenvalue weighted by molar-refractivity contribution is 5.87. The van der Waals surface area contributed by atoms with Crippen LogP contribution in [0.1, 0.15) is 37.5 Å². The van der Waals surface area contributed by atoms with Crippen molar-refractivity contribution in [3.05, 3.63) is 71.3 Å². The molecule has 0 aromatic heterocycles. The van der Waals surface area contributed by atoms with Gasteiger partial charge in [0.05, 0.1) is 12.0 Å². The second-order valence-corrected chi connectivity index (χ2v) is 7.72. The van der Waals surface area contributed by atoms with Gasteiger partial charge in [-0.3, -0.25) is 0 Å². The van der Waals surface area contributed by atoms with Crippen molar-refractivity contribution < 1.29 is 14.3 Å². The highest BCUT2D eigenvalue weighted by atomic mass is 16.5. The number of fused-ring (bicyclic) bond motifs is 2. The van der Waals surface area contributed by atoms with Crippen molar-refractivity contribution in [2.75, 3.05) is 18.6 Å². The molecule has 2 heterocycles. The van der Waals surface area contributed by atoms with Crippen LogP contribution in [0.5, 0.6) is 5.75 Å². The van der Waals surface area contributed by atoms with Gasteiger partial charge in [-0.1, -0.05) is 24.3 Å². The molecule has 2 aliphatic rings. The summed E-state index contributed by atoms with van der Waals surface area (Å²) in [5.41, 5.74) is 3.60. The third-order valence-corrected chi connectivity index (χ3v) is 5.82. The topological polar surface area (TPSA) is 38.8 Å². The Kier molecular flexibility index (Phi) is 4.30. The Morgan fingerprint density at radius 1 is 1.21 bits per heavy atom. The van der Waals surface area contributed by atoms with E-state index >= 15 is 0 Å². The molecule has 0 radical (unpaired) electrons. The minimum Gasteiger partial charge on any atom is -0.463 e. The van der Waals surface area contributed by atoms with Gasteiger partial charge < -0.3 is 14.4 Å². The number of likely N-dealkylation sites (N-methyl/N-ethyl adjacent to an activating group) is 1. The third-order valence-electron chi connectivity index (χ3n) is 5.82. The van der Waals surface area contributed by atoms with Gasteiger partial charge in [0.2, 0.25) is 5.72 Å². The maximum absolute atomic E-state index is 11.5. The van der Waals surface area contributed by atoms with Crippen LogP contribution >= 0.6 is 0 Å². The van der Waals surface area contributed by atoms with Crippen LogP contribution in [-0.2, 0) is 14.9 Å². The zero-order chi connectivity index (χ0) is 19.9. The van der Waals surface area contributed by atoms with Gasteiger partial charge in [-0.25, -0.2) is 4.79 Å². The lowest BCUT2D eigenvalue weighted by atomic mass is 9.76. The minimum absolute atomic E-state index is 0.213. The number of para-hydroxylation sites is 1. The third kappa shape index (κ3) is 2.63. The molecule has 0 saturated heterocycles. The average Bonchev–Trinajstić information content (AvgIpc) is 2.85. The molecule has 1 spiro atoms. The van der Waals surface area contributed by atoms with Crippen molar-refractivity contribution in [2.24, 2.45) is 0 Å². The Hall–Kier alpha value is -3.01. The number of hydrogen-bond acceptors (Lipinski definition) is 4. The lowest BCUT2D eigenvalue weighted by molar-refractivity contribution is -0.137. The van der Waals surface area contributed by atoms with E-state index in [1.165, 1.54) is 17.3 Å². The molecule has 28 heavy (non-hydrogen) atoms. The van der Waals surface area contributed by atoms with Crippen LogP contribution in [0.25, 0.3) is 12.2 Å². The van der Waals surface area contributed by atoms with Crippen LogP contribution in [0, 0.1) is 0 Å². The largest absolute Gasteiger partial charge is 0.463 e. The molecule has 0 bridgehead atoms. The van der Waals surface area contributed by atoms with Crippen LogP contribution in [0.4, 0.5) is 5.69 Å². The van der Waals surface area contributed by atoms with Crippen molar-refractivity contribution >= 4 is 23.8 Å². The lowest BCUT2D eigenvalue weighted by Gasteiger charge is -2.45. The number of rotatable bonds is 3. The Morgan fingerprint density at radius 2 is 2.00 bits per heavy atom. The lowest BCUT2D eigenvalue weighted by Crippen LogP contribution is -2.58. The Bertz CT molecular complexity index is 989. The number of ether oxygens (including phenoxy) is 2. The van der Waals surface area contributed by atoms with Gasteiger partial charge >= 0.3 is 5.97 Å². The molecule has 1 atom stereocenters. The first-order valence-corrected chi connectivity index (χ1v) is 9.59. The predicted molar refractivity (Wildman–Crippen MR) is 112 cm³/mol. The quantitative estimate of drug-likeness (QED) is 0.571. The van der Waals surface area contributed by atoms with Gasteiger partial charge in [-0.2, -0.15) is 0 Å². The standard InChI is InChI=1S/C24H25NO3/c1-5-27-22(26)13-11-17-10-12-21-18(16-17)14-15-24(28-21)23(2,3)19-8-6-7-9-20(19)25(24)4/h6-16H,5H2,1-4H3/b13-11+. The first-order valence-electron chi connectivity index (χ1n) is 9.59. The first-order chi connectivity index (χ1) is 13.4. The van der Waals surface area contributed by atoms with Crippen LogP contribution in [-0.4, -0.2) is 25.3 Å². The van der Waals surface area contributed by atoms with E-state index in [1.54, 1.807) is 13.0 Å². The Balaban J connectivity index is 1.67. The number of carbonyl (C=O) groups is 1. The van der Waals surface area contributed by atoms with Crippen molar-refractivity contribution in [2.45, 2.75) is 31.9 Å². The summed E-state index contributed by atoms with van der Waals surface area (Å²) in [5, 5.41) is 0. The van der Waals surface area contributed by atoms with E-state index in [9.17, 15) is 4.79 Å². The number of hydrogen-bond donors (Lipinski definition) is 0. The molecular weight excluding hydrogens is 350 g/mol. The normalized spacial score (nSPS) is 21.5. The van der Waals surface area contributed by atoms with Crippen LogP contribution in [0.2, 0.25) is 0 Å². The molecule has 2 aromatic rings. The van der Waals surface area contributed by atoms with Crippen molar-refractivity contribution in [3.63, 3.8) is 0 Å². The van der Waals surface area contributed by atoms with Gasteiger partial charge in [0.15, 0.2) is 0 Å². The van der Waals surface area contributed by atoms with Gasteiger partial charge in [0.1, 0.15) is 5.75 Å². The maximum Gasteiger partial charge on any atom is 0.330 e. The van der Waals surface area contributed by atoms with E-state index in [-0.39, 0.29) is 11.4 Å². The second kappa shape index (κ2) is 6.55. The summed E-state index contributed by atoms with van der Waals surface area (Å²) < 4.78 is 11.6. The fraction of sp³-hybridized carbons (Fsp3) is 0.292. The number of anilines is 1. The number of esters is 1. The summed E-state index contributed by atoms with van der Waals surface area (Å²) in [4.78, 5) is 13.8. The molecule has 2 aromatic carbocycles. The van der Waals surface area contributed by atoms with Gasteiger partial charge in [0.25, 0.3) is 0 Å². The summed E-state index contributed by atoms with van der Waals surface area (Å²) >= 11 is 0. The van der Waals surface area contributed by atoms with Crippen LogP contribution in [0.3, 0.4) is 0 Å². The predicted octanol–water partition coefficient (Wildman–Crippen LogP) is 4.79. The second-order valence-electron chi connectivity index (χ2n) is 7.72. The van der Waals surface area contributed by atoms with E-state index in [4.69, 9.17) is 9.47 Å². The molecule has 0 saturated carbocycles. The van der Waals surface area contributed by atoms with Crippen LogP contribution < -0.4 is 9.64 Å². The van der Waals surface area contributed by atoms with Crippen molar-refractivity contribution in [3.8, 4) is 5.75 Å². The van der Waals surface area contributed by atoms with E-state index in [0.717, 1.165) is 16.9 Å². The van der Waals surface area contributed by atoms with Gasteiger partial charge in [0, 0.05) is 24.4 Å². The average molecular weight is 375 g/mol. The van der Waals surface area contributed by atoms with E-state index in [0.29, 0.717) is 6.61 Å². The van der Waals surface area contributed by atoms with E-state index in [2.05, 4.69) is 62.2 Å². The van der Waals surface area contributed by atoms with Crippen LogP contribution in [0.15, 0.2) is 54.6 Å². The first kappa shape index (κ1) is 18.4. The minimum atomic E-state index is -0.577. The maximum atomic E-state index is 11.5. The fourth-order valence-electron chi connectivity index (χ4n) is 4.25. The highest BCUT2D eigenvalue weighted by Gasteiger charge is 2.57. The fourth-order valence-corrected chi connectivity index (χ4v) is 4.25. The molecule has 0 amide bonds. The molecule has 0 aliphatic carbocycles. The summed E-state index contributed by atoms with van der Waals surface area (Å²) in [6.45, 7) is 6.61. The molecule has 144 valence electrons. The van der Waals surface area contributed by atoms with E-state index in [1.807, 2.05) is 18.2 Å². The van der Waals surface area contributed by atoms with E-state index < -0.39 is 5.72 Å². The number of carbonyl (C=O) groups excluding carboxylic acids is 1. The van der Waals surface area contributed by atoms with Gasteiger partial charge in [-0.05, 0) is 68.3 Å². The summed E-state index contributed by atoms with van der Waals surface area (Å²) in [6.07, 6.45) is 7.47. The molecule has 4 heteroatoms. The summed E-state index contributed by atoms with van der Waals surface area (Å²) in [7, 11) is 2.08. The SMILES string of the molecule is CCOC(=O)/C=C/c1ccc2c(c1)C=CC1(O2)N(C)c2ccccc2C1(C)C. The summed E-state index contributed by atoms with van der Waals surface area (Å²) in [6, 6.07) is 14.4. The van der Waals surface area contributed by atoms with Crippen molar-refractivity contribution in [1.29, 1.82) is 0 Å². The van der Waals surface area contributed by atoms with Crippen molar-refractivity contribution in [1.82, 2.24) is 0 Å². The molecular formula is C24H25NO3. The highest BCUT2D eigenvalue weighted by Crippen LogP contribution is 2.54. The molecule has 2 aliphatic heterocycles. The molecule has 0 fully saturated rings. The molecule has 1 unspecified atom stereocenters. The molecule has 4 rings (SSSR count). The zero-order valence-corrected chi connectivity index (χ0v) is 16.7. The van der Waals surface area contributed by atoms with Gasteiger partial charge in [-0.15, -0.1) is 0 Å². The zero-order valence-electron chi connectivity index (χ0n) is 16.7. The monoisotopic (exact) mass is 375 g/mol.